The van der Waals surface area contributed by atoms with Crippen LogP contribution in [-0.4, -0.2) is 0 Å². The zero-order valence-electron chi connectivity index (χ0n) is 13.7. The van der Waals surface area contributed by atoms with Crippen molar-refractivity contribution in [1.82, 2.24) is 0 Å². The van der Waals surface area contributed by atoms with Gasteiger partial charge in [-0.25, -0.2) is 0 Å². The van der Waals surface area contributed by atoms with Gasteiger partial charge in [0.2, 0.25) is 0 Å². The van der Waals surface area contributed by atoms with Crippen LogP contribution in [0, 0.1) is 0 Å². The first-order chi connectivity index (χ1) is 10.8. The first-order valence-electron chi connectivity index (χ1n) is 7.72. The summed E-state index contributed by atoms with van der Waals surface area (Å²) in [6, 6.07) is 14.6. The van der Waals surface area contributed by atoms with Gasteiger partial charge >= 0.3 is 0 Å². The Hall–Kier alpha value is -2.54. The Balaban J connectivity index is 0.00000116. The van der Waals surface area contributed by atoms with E-state index in [2.05, 4.69) is 54.4 Å². The Bertz CT molecular complexity index is 670. The molecule has 0 radical (unpaired) electrons. The van der Waals surface area contributed by atoms with Gasteiger partial charge in [0.05, 0.1) is 0 Å². The fraction of sp³-hybridized carbons (Fsp3) is 0.143. The van der Waals surface area contributed by atoms with Crippen LogP contribution >= 0.6 is 0 Å². The van der Waals surface area contributed by atoms with Gasteiger partial charge in [-0.15, -0.1) is 0 Å². The van der Waals surface area contributed by atoms with E-state index in [1.54, 1.807) is 6.08 Å². The van der Waals surface area contributed by atoms with Crippen molar-refractivity contribution < 1.29 is 0 Å². The van der Waals surface area contributed by atoms with Gasteiger partial charge < -0.3 is 5.32 Å². The second-order valence-electron chi connectivity index (χ2n) is 4.39. The van der Waals surface area contributed by atoms with Gasteiger partial charge in [0, 0.05) is 16.8 Å². The van der Waals surface area contributed by atoms with E-state index in [-0.39, 0.29) is 0 Å². The van der Waals surface area contributed by atoms with Crippen molar-refractivity contribution >= 4 is 16.5 Å². The highest BCUT2D eigenvalue weighted by Crippen LogP contribution is 2.24. The van der Waals surface area contributed by atoms with Crippen molar-refractivity contribution in [3.8, 4) is 0 Å². The third kappa shape index (κ3) is 5.10. The van der Waals surface area contributed by atoms with E-state index in [0.717, 1.165) is 11.4 Å². The minimum atomic E-state index is 1.03. The lowest BCUT2D eigenvalue weighted by Crippen LogP contribution is -1.97. The van der Waals surface area contributed by atoms with Crippen LogP contribution in [0.25, 0.3) is 10.8 Å². The smallest absolute Gasteiger partial charge is 0.0463 e. The molecule has 0 amide bonds. The molecule has 2 rings (SSSR count). The fourth-order valence-electron chi connectivity index (χ4n) is 2.00. The van der Waals surface area contributed by atoms with Gasteiger partial charge in [0.25, 0.3) is 0 Å². The lowest BCUT2D eigenvalue weighted by atomic mass is 10.1. The van der Waals surface area contributed by atoms with Crippen LogP contribution in [0.15, 0.2) is 91.2 Å². The summed E-state index contributed by atoms with van der Waals surface area (Å²) in [5.74, 6) is 0. The van der Waals surface area contributed by atoms with Crippen LogP contribution in [0.4, 0.5) is 5.69 Å². The maximum Gasteiger partial charge on any atom is 0.0463 e. The number of fused-ring (bicyclic) bond motifs is 1. The second-order valence-corrected chi connectivity index (χ2v) is 4.39. The van der Waals surface area contributed by atoms with Gasteiger partial charge in [-0.2, -0.15) is 0 Å². The SMILES string of the molecule is C=C\C=C/C(=C\C=C/C)Nc1cccc2ccccc12.CC. The molecule has 0 atom stereocenters. The number of benzene rings is 2. The average molecular weight is 291 g/mol. The van der Waals surface area contributed by atoms with Crippen LogP contribution < -0.4 is 5.32 Å². The Morgan fingerprint density at radius 3 is 2.45 bits per heavy atom. The molecule has 0 unspecified atom stereocenters. The monoisotopic (exact) mass is 291 g/mol. The third-order valence-corrected chi connectivity index (χ3v) is 2.95. The number of nitrogens with one attached hydrogen (secondary N) is 1. The molecule has 2 aromatic rings. The molecule has 0 saturated heterocycles. The first kappa shape index (κ1) is 17.5. The summed E-state index contributed by atoms with van der Waals surface area (Å²) >= 11 is 0. The van der Waals surface area contributed by atoms with Crippen molar-refractivity contribution in [1.29, 1.82) is 0 Å². The van der Waals surface area contributed by atoms with Crippen molar-refractivity contribution in [2.24, 2.45) is 0 Å². The summed E-state index contributed by atoms with van der Waals surface area (Å²) in [6.07, 6.45) is 11.8. The lowest BCUT2D eigenvalue weighted by molar-refractivity contribution is 1.49. The molecule has 0 heterocycles. The normalized spacial score (nSPS) is 11.5. The molecular formula is C21H25N. The molecule has 0 bridgehead atoms. The van der Waals surface area contributed by atoms with Crippen molar-refractivity contribution in [2.75, 3.05) is 5.32 Å². The third-order valence-electron chi connectivity index (χ3n) is 2.95. The molecule has 0 aromatic heterocycles. The maximum atomic E-state index is 3.71. The van der Waals surface area contributed by atoms with Gasteiger partial charge in [-0.1, -0.05) is 81.1 Å². The highest BCUT2D eigenvalue weighted by molar-refractivity contribution is 5.94. The van der Waals surface area contributed by atoms with E-state index in [0.29, 0.717) is 0 Å². The van der Waals surface area contributed by atoms with Gasteiger partial charge in [-0.3, -0.25) is 0 Å². The fourth-order valence-corrected chi connectivity index (χ4v) is 2.00. The van der Waals surface area contributed by atoms with E-state index in [4.69, 9.17) is 0 Å². The van der Waals surface area contributed by atoms with E-state index in [9.17, 15) is 0 Å². The molecule has 0 saturated carbocycles. The van der Waals surface area contributed by atoms with Crippen LogP contribution in [0.5, 0.6) is 0 Å². The Morgan fingerprint density at radius 1 is 1.00 bits per heavy atom. The van der Waals surface area contributed by atoms with Crippen LogP contribution in [-0.2, 0) is 0 Å². The minimum absolute atomic E-state index is 1.03. The molecule has 114 valence electrons. The standard InChI is InChI=1S/C19H19N.C2H6/c1-3-5-12-17(13-6-4-2)20-19-15-9-11-16-10-7-8-14-18(16)19;1-2/h3-15,20H,1H2,2H3;1-2H3/b6-4-,12-5-,17-13+;. The highest BCUT2D eigenvalue weighted by atomic mass is 14.9. The number of rotatable bonds is 5. The Morgan fingerprint density at radius 2 is 1.73 bits per heavy atom. The number of hydrogen-bond donors (Lipinski definition) is 1. The average Bonchev–Trinajstić information content (AvgIpc) is 2.59. The van der Waals surface area contributed by atoms with Crippen LogP contribution in [0.2, 0.25) is 0 Å². The summed E-state index contributed by atoms with van der Waals surface area (Å²) in [5, 5.41) is 5.92. The minimum Gasteiger partial charge on any atom is -0.355 e. The molecule has 0 aliphatic heterocycles. The van der Waals surface area contributed by atoms with Gasteiger partial charge in [0.1, 0.15) is 0 Å². The number of hydrogen-bond acceptors (Lipinski definition) is 1. The molecule has 0 aliphatic carbocycles. The quantitative estimate of drug-likeness (QED) is 0.622. The summed E-state index contributed by atoms with van der Waals surface area (Å²) in [4.78, 5) is 0. The number of allylic oxidation sites excluding steroid dienone is 6. The summed E-state index contributed by atoms with van der Waals surface area (Å²) in [6.45, 7) is 9.71. The molecule has 0 spiro atoms. The zero-order chi connectivity index (χ0) is 16.2. The maximum absolute atomic E-state index is 3.71. The van der Waals surface area contributed by atoms with E-state index in [1.165, 1.54) is 10.8 Å². The zero-order valence-corrected chi connectivity index (χ0v) is 13.7. The molecule has 1 heteroatoms. The van der Waals surface area contributed by atoms with Crippen LogP contribution in [0.3, 0.4) is 0 Å². The lowest BCUT2D eigenvalue weighted by Gasteiger charge is -2.10. The van der Waals surface area contributed by atoms with E-state index < -0.39 is 0 Å². The predicted molar refractivity (Wildman–Crippen MR) is 101 cm³/mol. The van der Waals surface area contributed by atoms with Crippen LogP contribution in [0.1, 0.15) is 20.8 Å². The molecule has 22 heavy (non-hydrogen) atoms. The Labute approximate surface area is 134 Å². The summed E-state index contributed by atoms with van der Waals surface area (Å²) in [7, 11) is 0. The van der Waals surface area contributed by atoms with Crippen molar-refractivity contribution in [2.45, 2.75) is 20.8 Å². The van der Waals surface area contributed by atoms with Gasteiger partial charge in [0.15, 0.2) is 0 Å². The predicted octanol–water partition coefficient (Wildman–Crippen LogP) is 6.48. The topological polar surface area (TPSA) is 12.0 Å². The summed E-state index contributed by atoms with van der Waals surface area (Å²) in [5.41, 5.74) is 2.13. The molecule has 1 N–H and O–H groups in total. The Kier molecular flexibility index (Phi) is 8.14. The molecule has 1 nitrogen and oxygen atoms in total. The van der Waals surface area contributed by atoms with Crippen molar-refractivity contribution in [3.05, 3.63) is 91.2 Å². The van der Waals surface area contributed by atoms with Crippen molar-refractivity contribution in [3.63, 3.8) is 0 Å². The van der Waals surface area contributed by atoms with E-state index >= 15 is 0 Å². The second kappa shape index (κ2) is 10.2. The van der Waals surface area contributed by atoms with Gasteiger partial charge in [-0.05, 0) is 30.5 Å². The molecule has 0 fully saturated rings. The molecule has 2 aromatic carbocycles. The van der Waals surface area contributed by atoms with E-state index in [1.807, 2.05) is 51.2 Å². The largest absolute Gasteiger partial charge is 0.355 e. The number of anilines is 1. The first-order valence-corrected chi connectivity index (χ1v) is 7.72. The molecular weight excluding hydrogens is 266 g/mol. The molecule has 0 aliphatic rings. The highest BCUT2D eigenvalue weighted by Gasteiger charge is 2.00. The summed E-state index contributed by atoms with van der Waals surface area (Å²) < 4.78 is 0.